The number of hydrogen-bond acceptors (Lipinski definition) is 4. The fraction of sp³-hybridized carbons (Fsp3) is 0.727. The van der Waals surface area contributed by atoms with Gasteiger partial charge in [-0.05, 0) is 19.3 Å². The molecule has 3 atom stereocenters. The average Bonchev–Trinajstić information content (AvgIpc) is 2.84. The van der Waals surface area contributed by atoms with Gasteiger partial charge in [0.2, 0.25) is 5.91 Å². The smallest absolute Gasteiger partial charge is 0.247 e. The molecule has 0 saturated carbocycles. The molecule has 0 radical (unpaired) electrons. The summed E-state index contributed by atoms with van der Waals surface area (Å²) >= 11 is 0. The Morgan fingerprint density at radius 3 is 2.94 bits per heavy atom. The molecule has 1 amide bonds. The molecule has 2 N–H and O–H groups in total. The van der Waals surface area contributed by atoms with E-state index in [9.17, 15) is 4.79 Å². The minimum absolute atomic E-state index is 0.0675. The summed E-state index contributed by atoms with van der Waals surface area (Å²) < 4.78 is 1.58. The predicted octanol–water partition coefficient (Wildman–Crippen LogP) is 0.0348. The molecule has 1 aromatic rings. The van der Waals surface area contributed by atoms with Crippen LogP contribution in [0.4, 0.5) is 0 Å². The number of carbonyl (C=O) groups is 1. The van der Waals surface area contributed by atoms with Crippen molar-refractivity contribution in [2.75, 3.05) is 13.1 Å². The minimum atomic E-state index is -0.307. The summed E-state index contributed by atoms with van der Waals surface area (Å²) in [5.41, 5.74) is 6.00. The van der Waals surface area contributed by atoms with Crippen LogP contribution in [0, 0.1) is 5.92 Å². The molecule has 0 bridgehead atoms. The van der Waals surface area contributed by atoms with Crippen molar-refractivity contribution in [1.29, 1.82) is 0 Å². The Bertz CT molecular complexity index is 377. The van der Waals surface area contributed by atoms with Crippen LogP contribution >= 0.6 is 0 Å². The van der Waals surface area contributed by atoms with Crippen molar-refractivity contribution >= 4 is 5.91 Å². The molecule has 0 spiro atoms. The number of aromatic nitrogens is 3. The highest BCUT2D eigenvalue weighted by molar-refractivity contribution is 5.80. The number of hydrogen-bond donors (Lipinski definition) is 1. The van der Waals surface area contributed by atoms with Gasteiger partial charge in [-0.2, -0.15) is 5.10 Å². The third kappa shape index (κ3) is 2.46. The Labute approximate surface area is 101 Å². The van der Waals surface area contributed by atoms with Crippen molar-refractivity contribution in [1.82, 2.24) is 19.7 Å². The zero-order valence-corrected chi connectivity index (χ0v) is 10.3. The van der Waals surface area contributed by atoms with Crippen molar-refractivity contribution in [2.45, 2.75) is 32.4 Å². The molecule has 0 aromatic carbocycles. The first-order chi connectivity index (χ1) is 8.09. The maximum absolute atomic E-state index is 12.2. The van der Waals surface area contributed by atoms with Crippen LogP contribution in [0.2, 0.25) is 0 Å². The van der Waals surface area contributed by atoms with Gasteiger partial charge >= 0.3 is 0 Å². The monoisotopic (exact) mass is 237 g/mol. The highest BCUT2D eigenvalue weighted by Gasteiger charge is 2.29. The number of piperidine rings is 1. The Balaban J connectivity index is 2.01. The van der Waals surface area contributed by atoms with Crippen molar-refractivity contribution in [3.8, 4) is 0 Å². The van der Waals surface area contributed by atoms with E-state index in [0.29, 0.717) is 12.5 Å². The maximum Gasteiger partial charge on any atom is 0.247 e. The van der Waals surface area contributed by atoms with E-state index in [4.69, 9.17) is 5.73 Å². The Kier molecular flexibility index (Phi) is 3.42. The lowest BCUT2D eigenvalue weighted by Crippen LogP contribution is -2.51. The van der Waals surface area contributed by atoms with Gasteiger partial charge in [0.05, 0.1) is 0 Å². The highest BCUT2D eigenvalue weighted by Crippen LogP contribution is 2.18. The number of rotatable bonds is 2. The van der Waals surface area contributed by atoms with Gasteiger partial charge in [-0.25, -0.2) is 9.67 Å². The van der Waals surface area contributed by atoms with E-state index in [-0.39, 0.29) is 18.0 Å². The summed E-state index contributed by atoms with van der Waals surface area (Å²) in [5.74, 6) is 0.554. The van der Waals surface area contributed by atoms with Gasteiger partial charge in [0.25, 0.3) is 0 Å². The Morgan fingerprint density at radius 2 is 2.35 bits per heavy atom. The summed E-state index contributed by atoms with van der Waals surface area (Å²) in [6.45, 7) is 5.39. The van der Waals surface area contributed by atoms with Gasteiger partial charge in [-0.3, -0.25) is 4.79 Å². The number of carbonyl (C=O) groups excluding carboxylic acids is 1. The first-order valence-electron chi connectivity index (χ1n) is 5.98. The molecule has 17 heavy (non-hydrogen) atoms. The zero-order chi connectivity index (χ0) is 12.4. The molecular formula is C11H19N5O. The molecule has 6 heteroatoms. The van der Waals surface area contributed by atoms with E-state index in [1.165, 1.54) is 6.33 Å². The Morgan fingerprint density at radius 1 is 1.59 bits per heavy atom. The van der Waals surface area contributed by atoms with Crippen LogP contribution < -0.4 is 5.73 Å². The molecule has 1 aliphatic rings. The third-order valence-electron chi connectivity index (χ3n) is 3.52. The van der Waals surface area contributed by atoms with Gasteiger partial charge in [0, 0.05) is 19.1 Å². The van der Waals surface area contributed by atoms with Gasteiger partial charge in [-0.15, -0.1) is 0 Å². The molecule has 94 valence electrons. The summed E-state index contributed by atoms with van der Waals surface area (Å²) in [6, 6.07) is -0.228. The fourth-order valence-electron chi connectivity index (χ4n) is 2.09. The molecule has 1 aliphatic heterocycles. The summed E-state index contributed by atoms with van der Waals surface area (Å²) in [6.07, 6.45) is 3.97. The van der Waals surface area contributed by atoms with Crippen LogP contribution in [-0.4, -0.2) is 44.7 Å². The SMILES string of the molecule is CC1CCN(C(=O)C(C)n2cncn2)CC1N. The van der Waals surface area contributed by atoms with Crippen LogP contribution in [0.3, 0.4) is 0 Å². The van der Waals surface area contributed by atoms with Gasteiger partial charge in [0.15, 0.2) is 0 Å². The number of nitrogens with two attached hydrogens (primary N) is 1. The van der Waals surface area contributed by atoms with Gasteiger partial charge in [0.1, 0.15) is 18.7 Å². The van der Waals surface area contributed by atoms with Crippen molar-refractivity contribution in [2.24, 2.45) is 11.7 Å². The normalized spacial score (nSPS) is 26.9. The third-order valence-corrected chi connectivity index (χ3v) is 3.52. The second kappa shape index (κ2) is 4.83. The minimum Gasteiger partial charge on any atom is -0.339 e. The van der Waals surface area contributed by atoms with Crippen LogP contribution in [0.25, 0.3) is 0 Å². The van der Waals surface area contributed by atoms with E-state index in [1.807, 2.05) is 11.8 Å². The first kappa shape index (κ1) is 12.0. The quantitative estimate of drug-likeness (QED) is 0.787. The Hall–Kier alpha value is -1.43. The first-order valence-corrected chi connectivity index (χ1v) is 5.98. The lowest BCUT2D eigenvalue weighted by Gasteiger charge is -2.36. The second-order valence-corrected chi connectivity index (χ2v) is 4.77. The van der Waals surface area contributed by atoms with E-state index in [2.05, 4.69) is 17.0 Å². The summed E-state index contributed by atoms with van der Waals surface area (Å²) in [7, 11) is 0. The van der Waals surface area contributed by atoms with E-state index in [0.717, 1.165) is 13.0 Å². The van der Waals surface area contributed by atoms with Crippen LogP contribution in [0.15, 0.2) is 12.7 Å². The average molecular weight is 237 g/mol. The molecule has 6 nitrogen and oxygen atoms in total. The topological polar surface area (TPSA) is 77.0 Å². The molecule has 2 heterocycles. The van der Waals surface area contributed by atoms with Crippen LogP contribution in [-0.2, 0) is 4.79 Å². The second-order valence-electron chi connectivity index (χ2n) is 4.77. The van der Waals surface area contributed by atoms with Crippen molar-refractivity contribution in [3.05, 3.63) is 12.7 Å². The van der Waals surface area contributed by atoms with Gasteiger partial charge < -0.3 is 10.6 Å². The maximum atomic E-state index is 12.2. The molecule has 1 saturated heterocycles. The standard InChI is InChI=1S/C11H19N5O/c1-8-3-4-15(5-10(8)12)11(17)9(2)16-7-13-6-14-16/h6-10H,3-5,12H2,1-2H3. The molecule has 1 aromatic heterocycles. The van der Waals surface area contributed by atoms with E-state index < -0.39 is 0 Å². The largest absolute Gasteiger partial charge is 0.339 e. The lowest BCUT2D eigenvalue weighted by atomic mass is 9.94. The van der Waals surface area contributed by atoms with Crippen molar-refractivity contribution in [3.63, 3.8) is 0 Å². The highest BCUT2D eigenvalue weighted by atomic mass is 16.2. The van der Waals surface area contributed by atoms with Crippen molar-refractivity contribution < 1.29 is 4.79 Å². The summed E-state index contributed by atoms with van der Waals surface area (Å²) in [5, 5.41) is 3.99. The molecule has 1 fully saturated rings. The zero-order valence-electron chi connectivity index (χ0n) is 10.3. The summed E-state index contributed by atoms with van der Waals surface area (Å²) in [4.78, 5) is 17.9. The predicted molar refractivity (Wildman–Crippen MR) is 63.1 cm³/mol. The fourth-order valence-corrected chi connectivity index (χ4v) is 2.09. The van der Waals surface area contributed by atoms with E-state index >= 15 is 0 Å². The van der Waals surface area contributed by atoms with Crippen LogP contribution in [0.1, 0.15) is 26.3 Å². The molecular weight excluding hydrogens is 218 g/mol. The lowest BCUT2D eigenvalue weighted by molar-refractivity contribution is -0.136. The number of nitrogens with zero attached hydrogens (tertiary/aromatic N) is 4. The number of likely N-dealkylation sites (tertiary alicyclic amines) is 1. The van der Waals surface area contributed by atoms with E-state index in [1.54, 1.807) is 11.0 Å². The van der Waals surface area contributed by atoms with Gasteiger partial charge in [-0.1, -0.05) is 6.92 Å². The molecule has 3 unspecified atom stereocenters. The molecule has 0 aliphatic carbocycles. The number of amides is 1. The van der Waals surface area contributed by atoms with Crippen LogP contribution in [0.5, 0.6) is 0 Å². The molecule has 2 rings (SSSR count).